The Hall–Kier alpha value is -3.07. The first-order chi connectivity index (χ1) is 16.8. The smallest absolute Gasteiger partial charge is 0.220 e. The van der Waals surface area contributed by atoms with E-state index in [0.29, 0.717) is 26.8 Å². The van der Waals surface area contributed by atoms with Crippen molar-refractivity contribution in [2.75, 3.05) is 6.54 Å². The molecule has 10 heteroatoms. The minimum atomic E-state index is -0.461. The van der Waals surface area contributed by atoms with Crippen LogP contribution in [0, 0.1) is 24.0 Å². The maximum atomic E-state index is 11.5. The third-order valence-electron chi connectivity index (χ3n) is 5.28. The predicted octanol–water partition coefficient (Wildman–Crippen LogP) is 6.88. The largest absolute Gasteiger partial charge is 0.489 e. The fraction of sp³-hybridized carbons (Fsp3) is 0.200. The lowest BCUT2D eigenvalue weighted by Crippen LogP contribution is -2.11. The molecule has 4 rings (SSSR count). The topological polar surface area (TPSA) is 83.1 Å². The Labute approximate surface area is 217 Å². The van der Waals surface area contributed by atoms with E-state index in [9.17, 15) is 10.1 Å². The highest BCUT2D eigenvalue weighted by molar-refractivity contribution is 7.99. The standard InChI is InChI=1S/C25H22Cl2N4O3S/c1-16-4-3-5-21(12-16)31-17(2)28-29-25(31)35-24(14-30(32)33)18-7-10-22(11-8-18)34-15-19-6-9-20(26)13-23(19)27/h3-13,24H,14-15H2,1-2H3/t24-/m0/s1. The molecular formula is C25H22Cl2N4O3S. The minimum Gasteiger partial charge on any atom is -0.489 e. The monoisotopic (exact) mass is 528 g/mol. The normalized spacial score (nSPS) is 11.9. The van der Waals surface area contributed by atoms with Crippen molar-refractivity contribution in [3.8, 4) is 11.4 Å². The van der Waals surface area contributed by atoms with E-state index in [2.05, 4.69) is 10.2 Å². The highest BCUT2D eigenvalue weighted by Gasteiger charge is 2.24. The molecule has 1 heterocycles. The Morgan fingerprint density at radius 2 is 1.83 bits per heavy atom. The molecule has 0 aliphatic rings. The summed E-state index contributed by atoms with van der Waals surface area (Å²) < 4.78 is 7.76. The van der Waals surface area contributed by atoms with Crippen LogP contribution in [0.3, 0.4) is 0 Å². The number of hydrogen-bond donors (Lipinski definition) is 0. The van der Waals surface area contributed by atoms with Gasteiger partial charge in [-0.25, -0.2) is 0 Å². The van der Waals surface area contributed by atoms with E-state index >= 15 is 0 Å². The molecule has 1 aromatic heterocycles. The van der Waals surface area contributed by atoms with Gasteiger partial charge < -0.3 is 4.74 Å². The molecule has 0 saturated heterocycles. The molecule has 0 amide bonds. The zero-order valence-corrected chi connectivity index (χ0v) is 21.3. The molecule has 0 spiro atoms. The number of thioether (sulfide) groups is 1. The van der Waals surface area contributed by atoms with Gasteiger partial charge in [-0.2, -0.15) is 0 Å². The van der Waals surface area contributed by atoms with Crippen LogP contribution in [-0.2, 0) is 6.61 Å². The zero-order chi connectivity index (χ0) is 24.9. The van der Waals surface area contributed by atoms with Gasteiger partial charge in [0.1, 0.15) is 23.4 Å². The Balaban J connectivity index is 1.53. The molecular weight excluding hydrogens is 507 g/mol. The second-order valence-corrected chi connectivity index (χ2v) is 9.93. The number of nitro groups is 1. The molecule has 1 atom stereocenters. The van der Waals surface area contributed by atoms with Gasteiger partial charge in [0, 0.05) is 26.2 Å². The van der Waals surface area contributed by atoms with E-state index < -0.39 is 5.25 Å². The Morgan fingerprint density at radius 3 is 2.51 bits per heavy atom. The quantitative estimate of drug-likeness (QED) is 0.134. The molecule has 4 aromatic rings. The van der Waals surface area contributed by atoms with Crippen molar-refractivity contribution in [3.05, 3.63) is 109 Å². The van der Waals surface area contributed by atoms with Gasteiger partial charge in [-0.05, 0) is 61.4 Å². The van der Waals surface area contributed by atoms with Crippen LogP contribution in [0.2, 0.25) is 10.0 Å². The number of nitrogens with zero attached hydrogens (tertiary/aromatic N) is 4. The summed E-state index contributed by atoms with van der Waals surface area (Å²) >= 11 is 13.5. The van der Waals surface area contributed by atoms with Crippen LogP contribution in [0.25, 0.3) is 5.69 Å². The maximum Gasteiger partial charge on any atom is 0.220 e. The van der Waals surface area contributed by atoms with Crippen molar-refractivity contribution >= 4 is 35.0 Å². The van der Waals surface area contributed by atoms with Crippen molar-refractivity contribution in [1.29, 1.82) is 0 Å². The van der Waals surface area contributed by atoms with Gasteiger partial charge in [-0.15, -0.1) is 10.2 Å². The van der Waals surface area contributed by atoms with Crippen LogP contribution in [-0.4, -0.2) is 26.2 Å². The lowest BCUT2D eigenvalue weighted by molar-refractivity contribution is -0.479. The van der Waals surface area contributed by atoms with Crippen LogP contribution in [0.4, 0.5) is 0 Å². The van der Waals surface area contributed by atoms with E-state index in [0.717, 1.165) is 22.4 Å². The molecule has 0 fully saturated rings. The average molecular weight is 529 g/mol. The summed E-state index contributed by atoms with van der Waals surface area (Å²) in [4.78, 5) is 11.1. The molecule has 0 radical (unpaired) electrons. The molecule has 0 bridgehead atoms. The summed E-state index contributed by atoms with van der Waals surface area (Å²) in [6.45, 7) is 3.89. The minimum absolute atomic E-state index is 0.259. The van der Waals surface area contributed by atoms with E-state index in [4.69, 9.17) is 27.9 Å². The summed E-state index contributed by atoms with van der Waals surface area (Å²) in [5.74, 6) is 1.34. The summed E-state index contributed by atoms with van der Waals surface area (Å²) in [5.41, 5.74) is 3.62. The van der Waals surface area contributed by atoms with Crippen molar-refractivity contribution < 1.29 is 9.66 Å². The fourth-order valence-electron chi connectivity index (χ4n) is 3.54. The van der Waals surface area contributed by atoms with Crippen molar-refractivity contribution in [2.45, 2.75) is 30.9 Å². The second kappa shape index (κ2) is 11.1. The first-order valence-electron chi connectivity index (χ1n) is 10.7. The summed E-state index contributed by atoms with van der Waals surface area (Å²) in [7, 11) is 0. The van der Waals surface area contributed by atoms with Crippen LogP contribution >= 0.6 is 35.0 Å². The molecule has 35 heavy (non-hydrogen) atoms. The zero-order valence-electron chi connectivity index (χ0n) is 19.0. The number of benzene rings is 3. The van der Waals surface area contributed by atoms with Crippen molar-refractivity contribution in [1.82, 2.24) is 14.8 Å². The highest BCUT2D eigenvalue weighted by Crippen LogP contribution is 2.36. The van der Waals surface area contributed by atoms with Crippen molar-refractivity contribution in [2.24, 2.45) is 0 Å². The summed E-state index contributed by atoms with van der Waals surface area (Å²) in [6.07, 6.45) is 0. The van der Waals surface area contributed by atoms with E-state index in [1.165, 1.54) is 11.8 Å². The van der Waals surface area contributed by atoms with E-state index in [1.807, 2.05) is 60.9 Å². The Kier molecular flexibility index (Phi) is 7.95. The molecule has 0 aliphatic carbocycles. The third-order valence-corrected chi connectivity index (χ3v) is 7.05. The molecule has 7 nitrogen and oxygen atoms in total. The molecule has 3 aromatic carbocycles. The molecule has 180 valence electrons. The molecule has 0 unspecified atom stereocenters. The predicted molar refractivity (Wildman–Crippen MR) is 139 cm³/mol. The van der Waals surface area contributed by atoms with Crippen LogP contribution < -0.4 is 4.74 Å². The molecule has 0 saturated carbocycles. The van der Waals surface area contributed by atoms with E-state index in [1.54, 1.807) is 24.3 Å². The third kappa shape index (κ3) is 6.33. The number of aryl methyl sites for hydroxylation is 2. The Bertz CT molecular complexity index is 1350. The lowest BCUT2D eigenvalue weighted by Gasteiger charge is -2.15. The average Bonchev–Trinajstić information content (AvgIpc) is 3.18. The molecule has 0 N–H and O–H groups in total. The number of halogens is 2. The van der Waals surface area contributed by atoms with Gasteiger partial charge in [0.15, 0.2) is 5.16 Å². The molecule has 0 aliphatic heterocycles. The number of hydrogen-bond acceptors (Lipinski definition) is 6. The summed E-state index contributed by atoms with van der Waals surface area (Å²) in [5, 5.41) is 21.2. The number of rotatable bonds is 9. The van der Waals surface area contributed by atoms with Gasteiger partial charge >= 0.3 is 0 Å². The lowest BCUT2D eigenvalue weighted by atomic mass is 10.1. The first kappa shape index (κ1) is 25.0. The summed E-state index contributed by atoms with van der Waals surface area (Å²) in [6, 6.07) is 20.5. The Morgan fingerprint density at radius 1 is 1.06 bits per heavy atom. The van der Waals surface area contributed by atoms with Gasteiger partial charge in [0.05, 0.1) is 0 Å². The van der Waals surface area contributed by atoms with Gasteiger partial charge in [-0.3, -0.25) is 14.7 Å². The second-order valence-electron chi connectivity index (χ2n) is 7.92. The van der Waals surface area contributed by atoms with Crippen LogP contribution in [0.1, 0.15) is 27.8 Å². The SMILES string of the molecule is Cc1cccc(-n2c(C)nnc2S[C@@H](C[N+](=O)[O-])c2ccc(OCc3ccc(Cl)cc3Cl)cc2)c1. The first-order valence-corrected chi connectivity index (χ1v) is 12.4. The van der Waals surface area contributed by atoms with Crippen LogP contribution in [0.5, 0.6) is 5.75 Å². The maximum absolute atomic E-state index is 11.5. The van der Waals surface area contributed by atoms with E-state index in [-0.39, 0.29) is 18.1 Å². The fourth-order valence-corrected chi connectivity index (χ4v) is 5.17. The number of ether oxygens (including phenoxy) is 1. The highest BCUT2D eigenvalue weighted by atomic mass is 35.5. The van der Waals surface area contributed by atoms with Gasteiger partial charge in [0.25, 0.3) is 0 Å². The van der Waals surface area contributed by atoms with Gasteiger partial charge in [-0.1, -0.05) is 65.3 Å². The van der Waals surface area contributed by atoms with Crippen molar-refractivity contribution in [3.63, 3.8) is 0 Å². The van der Waals surface area contributed by atoms with Crippen LogP contribution in [0.15, 0.2) is 71.9 Å². The number of aromatic nitrogens is 3. The van der Waals surface area contributed by atoms with Gasteiger partial charge in [0.2, 0.25) is 6.54 Å².